The smallest absolute Gasteiger partial charge is 0.313 e. The van der Waals surface area contributed by atoms with Crippen LogP contribution in [0.25, 0.3) is 0 Å². The maximum atomic E-state index is 12.7. The normalized spacial score (nSPS) is 12.1. The summed E-state index contributed by atoms with van der Waals surface area (Å²) in [5.74, 6) is -1.01. The van der Waals surface area contributed by atoms with Crippen LogP contribution in [0.2, 0.25) is 0 Å². The van der Waals surface area contributed by atoms with Crippen LogP contribution >= 0.6 is 0 Å². The van der Waals surface area contributed by atoms with Crippen LogP contribution in [-0.4, -0.2) is 17.9 Å². The topological polar surface area (TPSA) is 38.7 Å². The van der Waals surface area contributed by atoms with Crippen LogP contribution in [0.1, 0.15) is 12.5 Å². The van der Waals surface area contributed by atoms with Crippen LogP contribution in [-0.2, 0) is 9.63 Å². The Kier molecular flexibility index (Phi) is 4.25. The number of hydrogen-bond donors (Lipinski definition) is 0. The van der Waals surface area contributed by atoms with Crippen molar-refractivity contribution >= 4 is 11.7 Å². The maximum absolute atomic E-state index is 12.7. The van der Waals surface area contributed by atoms with Crippen molar-refractivity contribution in [1.29, 1.82) is 0 Å². The zero-order valence-corrected chi connectivity index (χ0v) is 9.49. The summed E-state index contributed by atoms with van der Waals surface area (Å²) in [4.78, 5) is 15.2. The fraction of sp³-hybridized carbons (Fsp3) is 0.167. The molecular formula is C12H10F3NO2. The molecule has 0 radical (unpaired) electrons. The first-order valence-corrected chi connectivity index (χ1v) is 4.90. The van der Waals surface area contributed by atoms with Gasteiger partial charge in [-0.2, -0.15) is 13.2 Å². The molecule has 0 amide bonds. The molecule has 1 aromatic rings. The van der Waals surface area contributed by atoms with Crippen LogP contribution in [0.4, 0.5) is 13.2 Å². The second-order valence-corrected chi connectivity index (χ2v) is 3.46. The Morgan fingerprint density at radius 3 is 2.28 bits per heavy atom. The molecule has 18 heavy (non-hydrogen) atoms. The lowest BCUT2D eigenvalue weighted by molar-refractivity contribution is -0.139. The van der Waals surface area contributed by atoms with E-state index in [1.54, 1.807) is 6.07 Å². The van der Waals surface area contributed by atoms with E-state index in [-0.39, 0.29) is 11.1 Å². The van der Waals surface area contributed by atoms with Crippen molar-refractivity contribution in [2.75, 3.05) is 0 Å². The molecule has 0 N–H and O–H groups in total. The van der Waals surface area contributed by atoms with E-state index in [4.69, 9.17) is 0 Å². The summed E-state index contributed by atoms with van der Waals surface area (Å²) in [7, 11) is 0. The lowest BCUT2D eigenvalue weighted by Crippen LogP contribution is -2.25. The third-order valence-electron chi connectivity index (χ3n) is 1.88. The second-order valence-electron chi connectivity index (χ2n) is 3.46. The standard InChI is InChI=1S/C12H10F3NO2/c1-8(2)11(17)18-16-10(12(13,14)15)9-6-4-3-5-7-9/h3-7H,1H2,2H3. The van der Waals surface area contributed by atoms with Gasteiger partial charge in [0, 0.05) is 11.1 Å². The highest BCUT2D eigenvalue weighted by molar-refractivity contribution is 6.04. The van der Waals surface area contributed by atoms with Gasteiger partial charge in [-0.3, -0.25) is 0 Å². The van der Waals surface area contributed by atoms with Gasteiger partial charge >= 0.3 is 12.1 Å². The lowest BCUT2D eigenvalue weighted by Gasteiger charge is -2.09. The predicted molar refractivity (Wildman–Crippen MR) is 59.9 cm³/mol. The van der Waals surface area contributed by atoms with Crippen molar-refractivity contribution in [2.45, 2.75) is 13.1 Å². The first kappa shape index (κ1) is 14.0. The fourth-order valence-corrected chi connectivity index (χ4v) is 1.03. The Morgan fingerprint density at radius 1 is 1.28 bits per heavy atom. The SMILES string of the molecule is C=C(C)C(=O)ON=C(c1ccccc1)C(F)(F)F. The molecule has 0 atom stereocenters. The van der Waals surface area contributed by atoms with Crippen molar-refractivity contribution in [2.24, 2.45) is 5.16 Å². The number of halogens is 3. The van der Waals surface area contributed by atoms with Crippen LogP contribution in [0.5, 0.6) is 0 Å². The Morgan fingerprint density at radius 2 is 1.83 bits per heavy atom. The quantitative estimate of drug-likeness (QED) is 0.361. The number of oxime groups is 1. The number of rotatable bonds is 3. The van der Waals surface area contributed by atoms with E-state index in [2.05, 4.69) is 16.6 Å². The van der Waals surface area contributed by atoms with E-state index >= 15 is 0 Å². The Balaban J connectivity index is 3.05. The highest BCUT2D eigenvalue weighted by atomic mass is 19.4. The van der Waals surface area contributed by atoms with Gasteiger partial charge in [0.05, 0.1) is 0 Å². The van der Waals surface area contributed by atoms with Gasteiger partial charge < -0.3 is 4.84 Å². The molecule has 0 spiro atoms. The minimum absolute atomic E-state index is 0.0339. The minimum atomic E-state index is -4.71. The van der Waals surface area contributed by atoms with E-state index in [1.165, 1.54) is 31.2 Å². The average Bonchev–Trinajstić information content (AvgIpc) is 2.28. The molecule has 0 unspecified atom stereocenters. The van der Waals surface area contributed by atoms with Gasteiger partial charge in [0.25, 0.3) is 0 Å². The van der Waals surface area contributed by atoms with E-state index in [1.807, 2.05) is 0 Å². The van der Waals surface area contributed by atoms with Crippen molar-refractivity contribution < 1.29 is 22.8 Å². The van der Waals surface area contributed by atoms with Crippen molar-refractivity contribution in [3.05, 3.63) is 48.0 Å². The number of hydrogen-bond acceptors (Lipinski definition) is 3. The van der Waals surface area contributed by atoms with Crippen LogP contribution in [0.3, 0.4) is 0 Å². The Hall–Kier alpha value is -2.11. The van der Waals surface area contributed by atoms with Gasteiger partial charge in [-0.25, -0.2) is 4.79 Å². The molecule has 3 nitrogen and oxygen atoms in total. The van der Waals surface area contributed by atoms with Gasteiger partial charge in [-0.1, -0.05) is 42.1 Å². The highest BCUT2D eigenvalue weighted by Crippen LogP contribution is 2.22. The third-order valence-corrected chi connectivity index (χ3v) is 1.88. The van der Waals surface area contributed by atoms with Crippen LogP contribution in [0, 0.1) is 0 Å². The summed E-state index contributed by atoms with van der Waals surface area (Å²) in [5.41, 5.74) is -1.48. The molecule has 0 saturated carbocycles. The molecule has 0 bridgehead atoms. The van der Waals surface area contributed by atoms with E-state index < -0.39 is 17.9 Å². The maximum Gasteiger partial charge on any atom is 0.437 e. The van der Waals surface area contributed by atoms with Gasteiger partial charge in [0.15, 0.2) is 5.71 Å². The third kappa shape index (κ3) is 3.73. The number of carbonyl (C=O) groups excluding carboxylic acids is 1. The molecular weight excluding hydrogens is 247 g/mol. The molecule has 1 rings (SSSR count). The molecule has 0 aliphatic rings. The monoisotopic (exact) mass is 257 g/mol. The van der Waals surface area contributed by atoms with Gasteiger partial charge in [-0.05, 0) is 6.92 Å². The lowest BCUT2D eigenvalue weighted by atomic mass is 10.1. The Bertz CT molecular complexity index is 478. The number of benzene rings is 1. The molecule has 96 valence electrons. The second kappa shape index (κ2) is 5.48. The summed E-state index contributed by atoms with van der Waals surface area (Å²) in [6.45, 7) is 4.56. The Labute approximate surface area is 102 Å². The average molecular weight is 257 g/mol. The molecule has 0 saturated heterocycles. The summed E-state index contributed by atoms with van der Waals surface area (Å²) < 4.78 is 38.1. The number of alkyl halides is 3. The largest absolute Gasteiger partial charge is 0.437 e. The molecule has 0 aromatic heterocycles. The summed E-state index contributed by atoms with van der Waals surface area (Å²) in [5, 5.41) is 2.87. The van der Waals surface area contributed by atoms with Crippen LogP contribution in [0.15, 0.2) is 47.6 Å². The van der Waals surface area contributed by atoms with Crippen molar-refractivity contribution in [3.8, 4) is 0 Å². The molecule has 0 heterocycles. The summed E-state index contributed by atoms with van der Waals surface area (Å²) >= 11 is 0. The molecule has 0 fully saturated rings. The summed E-state index contributed by atoms with van der Waals surface area (Å²) in [6, 6.07) is 6.87. The van der Waals surface area contributed by atoms with Gasteiger partial charge in [-0.15, -0.1) is 0 Å². The zero-order valence-electron chi connectivity index (χ0n) is 9.49. The summed E-state index contributed by atoms with van der Waals surface area (Å²) in [6.07, 6.45) is -4.71. The molecule has 1 aromatic carbocycles. The molecule has 6 heteroatoms. The van der Waals surface area contributed by atoms with E-state index in [9.17, 15) is 18.0 Å². The van der Waals surface area contributed by atoms with E-state index in [0.29, 0.717) is 0 Å². The van der Waals surface area contributed by atoms with Crippen LogP contribution < -0.4 is 0 Å². The van der Waals surface area contributed by atoms with Crippen molar-refractivity contribution in [1.82, 2.24) is 0 Å². The first-order valence-electron chi connectivity index (χ1n) is 4.90. The fourth-order valence-electron chi connectivity index (χ4n) is 1.03. The highest BCUT2D eigenvalue weighted by Gasteiger charge is 2.38. The van der Waals surface area contributed by atoms with Gasteiger partial charge in [0.2, 0.25) is 0 Å². The van der Waals surface area contributed by atoms with Crippen molar-refractivity contribution in [3.63, 3.8) is 0 Å². The first-order chi connectivity index (χ1) is 8.32. The minimum Gasteiger partial charge on any atom is -0.313 e. The zero-order chi connectivity index (χ0) is 13.8. The van der Waals surface area contributed by atoms with Gasteiger partial charge in [0.1, 0.15) is 0 Å². The predicted octanol–water partition coefficient (Wildman–Crippen LogP) is 3.07. The number of carbonyl (C=O) groups is 1. The molecule has 0 aliphatic carbocycles. The van der Waals surface area contributed by atoms with E-state index in [0.717, 1.165) is 0 Å². The number of nitrogens with zero attached hydrogens (tertiary/aromatic N) is 1. The molecule has 0 aliphatic heterocycles.